The van der Waals surface area contributed by atoms with Crippen LogP contribution in [0.25, 0.3) is 0 Å². The third-order valence-electron chi connectivity index (χ3n) is 2.43. The van der Waals surface area contributed by atoms with Crippen LogP contribution >= 0.6 is 24.0 Å². The van der Waals surface area contributed by atoms with Crippen molar-refractivity contribution in [3.8, 4) is 5.75 Å². The van der Waals surface area contributed by atoms with Gasteiger partial charge in [-0.2, -0.15) is 0 Å². The standard InChI is InChI=1S/C13H21N3O.HI/c1-5-17-12-8-10(2)6-7-11(12)9-16-13(14-3)15-4;/h6-8H,5,9H2,1-4H3,(H2,14,15,16);1H. The van der Waals surface area contributed by atoms with Crippen LogP contribution in [-0.4, -0.2) is 26.7 Å². The lowest BCUT2D eigenvalue weighted by Crippen LogP contribution is -2.34. The maximum absolute atomic E-state index is 5.62. The molecule has 0 atom stereocenters. The third kappa shape index (κ3) is 5.12. The van der Waals surface area contributed by atoms with Crippen molar-refractivity contribution in [1.29, 1.82) is 0 Å². The minimum absolute atomic E-state index is 0. The Morgan fingerprint density at radius 1 is 1.39 bits per heavy atom. The monoisotopic (exact) mass is 363 g/mol. The van der Waals surface area contributed by atoms with E-state index in [1.54, 1.807) is 7.05 Å². The van der Waals surface area contributed by atoms with Crippen LogP contribution in [0.15, 0.2) is 23.2 Å². The highest BCUT2D eigenvalue weighted by atomic mass is 127. The lowest BCUT2D eigenvalue weighted by molar-refractivity contribution is 0.336. The molecule has 18 heavy (non-hydrogen) atoms. The van der Waals surface area contributed by atoms with Crippen LogP contribution in [0.5, 0.6) is 5.75 Å². The molecule has 0 fully saturated rings. The Bertz CT molecular complexity index is 394. The first-order valence-electron chi connectivity index (χ1n) is 5.82. The van der Waals surface area contributed by atoms with Crippen LogP contribution in [0.4, 0.5) is 0 Å². The van der Waals surface area contributed by atoms with E-state index in [1.807, 2.05) is 14.0 Å². The molecule has 1 aromatic carbocycles. The molecule has 4 nitrogen and oxygen atoms in total. The zero-order chi connectivity index (χ0) is 12.7. The number of nitrogens with zero attached hydrogens (tertiary/aromatic N) is 1. The second-order valence-corrected chi connectivity index (χ2v) is 3.72. The molecule has 0 aliphatic rings. The van der Waals surface area contributed by atoms with Crippen LogP contribution in [0.3, 0.4) is 0 Å². The molecule has 0 bridgehead atoms. The molecule has 0 aliphatic heterocycles. The molecule has 0 heterocycles. The van der Waals surface area contributed by atoms with Gasteiger partial charge >= 0.3 is 0 Å². The van der Waals surface area contributed by atoms with Gasteiger partial charge in [0, 0.05) is 26.2 Å². The van der Waals surface area contributed by atoms with Crippen molar-refractivity contribution in [3.05, 3.63) is 29.3 Å². The normalized spacial score (nSPS) is 10.6. The average Bonchev–Trinajstić information content (AvgIpc) is 2.33. The van der Waals surface area contributed by atoms with Gasteiger partial charge in [0.1, 0.15) is 5.75 Å². The Balaban J connectivity index is 0.00000289. The first-order chi connectivity index (χ1) is 8.21. The summed E-state index contributed by atoms with van der Waals surface area (Å²) in [6.07, 6.45) is 0. The van der Waals surface area contributed by atoms with E-state index in [-0.39, 0.29) is 24.0 Å². The summed E-state index contributed by atoms with van der Waals surface area (Å²) >= 11 is 0. The largest absolute Gasteiger partial charge is 0.494 e. The van der Waals surface area contributed by atoms with E-state index < -0.39 is 0 Å². The predicted octanol–water partition coefficient (Wildman–Crippen LogP) is 2.31. The maximum atomic E-state index is 5.62. The lowest BCUT2D eigenvalue weighted by Gasteiger charge is -2.13. The van der Waals surface area contributed by atoms with E-state index >= 15 is 0 Å². The van der Waals surface area contributed by atoms with Gasteiger partial charge in [-0.15, -0.1) is 24.0 Å². The highest BCUT2D eigenvalue weighted by molar-refractivity contribution is 14.0. The smallest absolute Gasteiger partial charge is 0.190 e. The van der Waals surface area contributed by atoms with Crippen molar-refractivity contribution >= 4 is 29.9 Å². The van der Waals surface area contributed by atoms with Crippen molar-refractivity contribution in [2.45, 2.75) is 20.4 Å². The number of nitrogens with one attached hydrogen (secondary N) is 2. The molecule has 0 unspecified atom stereocenters. The number of ether oxygens (including phenoxy) is 1. The quantitative estimate of drug-likeness (QED) is 0.490. The van der Waals surface area contributed by atoms with Gasteiger partial charge in [-0.05, 0) is 25.5 Å². The molecule has 0 saturated carbocycles. The maximum Gasteiger partial charge on any atom is 0.190 e. The number of rotatable bonds is 4. The van der Waals surface area contributed by atoms with Crippen LogP contribution < -0.4 is 15.4 Å². The summed E-state index contributed by atoms with van der Waals surface area (Å²) in [6, 6.07) is 6.22. The summed E-state index contributed by atoms with van der Waals surface area (Å²) in [5.41, 5.74) is 2.34. The first kappa shape index (κ1) is 17.0. The molecular formula is C13H22IN3O. The fourth-order valence-electron chi connectivity index (χ4n) is 1.56. The molecule has 102 valence electrons. The zero-order valence-electron chi connectivity index (χ0n) is 11.4. The summed E-state index contributed by atoms with van der Waals surface area (Å²) in [7, 11) is 3.59. The SMILES string of the molecule is CCOc1cc(C)ccc1CNC(=NC)NC.I. The lowest BCUT2D eigenvalue weighted by atomic mass is 10.1. The summed E-state index contributed by atoms with van der Waals surface area (Å²) in [5, 5.41) is 6.20. The molecule has 0 radical (unpaired) electrons. The summed E-state index contributed by atoms with van der Waals surface area (Å²) < 4.78 is 5.62. The average molecular weight is 363 g/mol. The number of aryl methyl sites for hydroxylation is 1. The van der Waals surface area contributed by atoms with Gasteiger partial charge in [-0.1, -0.05) is 12.1 Å². The Kier molecular flexibility index (Phi) is 8.53. The molecular weight excluding hydrogens is 341 g/mol. The van der Waals surface area contributed by atoms with Crippen LogP contribution in [0, 0.1) is 6.92 Å². The Labute approximate surface area is 126 Å². The number of guanidine groups is 1. The number of halogens is 1. The molecule has 0 aliphatic carbocycles. The Hall–Kier alpha value is -0.980. The third-order valence-corrected chi connectivity index (χ3v) is 2.43. The first-order valence-corrected chi connectivity index (χ1v) is 5.82. The number of hydrogen-bond donors (Lipinski definition) is 2. The van der Waals surface area contributed by atoms with Crippen LogP contribution in [0.2, 0.25) is 0 Å². The summed E-state index contributed by atoms with van der Waals surface area (Å²) in [6.45, 7) is 5.43. The molecule has 0 saturated heterocycles. The number of benzene rings is 1. The van der Waals surface area contributed by atoms with Gasteiger partial charge in [0.05, 0.1) is 6.61 Å². The highest BCUT2D eigenvalue weighted by Gasteiger charge is 2.04. The van der Waals surface area contributed by atoms with Gasteiger partial charge in [0.15, 0.2) is 5.96 Å². The van der Waals surface area contributed by atoms with Crippen LogP contribution in [-0.2, 0) is 6.54 Å². The van der Waals surface area contributed by atoms with Crippen molar-refractivity contribution in [1.82, 2.24) is 10.6 Å². The molecule has 0 aromatic heterocycles. The summed E-state index contributed by atoms with van der Waals surface area (Å²) in [4.78, 5) is 4.07. The van der Waals surface area contributed by atoms with Crippen molar-refractivity contribution < 1.29 is 4.74 Å². The van der Waals surface area contributed by atoms with E-state index in [0.29, 0.717) is 13.2 Å². The van der Waals surface area contributed by atoms with Crippen LogP contribution in [0.1, 0.15) is 18.1 Å². The van der Waals surface area contributed by atoms with E-state index in [2.05, 4.69) is 40.7 Å². The molecule has 0 spiro atoms. The fraction of sp³-hybridized carbons (Fsp3) is 0.462. The molecule has 5 heteroatoms. The Morgan fingerprint density at radius 3 is 2.67 bits per heavy atom. The predicted molar refractivity (Wildman–Crippen MR) is 87.0 cm³/mol. The van der Waals surface area contributed by atoms with E-state index in [9.17, 15) is 0 Å². The van der Waals surface area contributed by atoms with Crippen molar-refractivity contribution in [2.24, 2.45) is 4.99 Å². The van der Waals surface area contributed by atoms with E-state index in [1.165, 1.54) is 5.56 Å². The number of hydrogen-bond acceptors (Lipinski definition) is 2. The van der Waals surface area contributed by atoms with Gasteiger partial charge in [-0.3, -0.25) is 4.99 Å². The highest BCUT2D eigenvalue weighted by Crippen LogP contribution is 2.20. The van der Waals surface area contributed by atoms with E-state index in [0.717, 1.165) is 17.3 Å². The second-order valence-electron chi connectivity index (χ2n) is 3.72. The van der Waals surface area contributed by atoms with Crippen molar-refractivity contribution in [3.63, 3.8) is 0 Å². The van der Waals surface area contributed by atoms with Gasteiger partial charge in [-0.25, -0.2) is 0 Å². The summed E-state index contributed by atoms with van der Waals surface area (Å²) in [5.74, 6) is 1.71. The van der Waals surface area contributed by atoms with Gasteiger partial charge in [0.2, 0.25) is 0 Å². The molecule has 2 N–H and O–H groups in total. The topological polar surface area (TPSA) is 45.6 Å². The van der Waals surface area contributed by atoms with Crippen molar-refractivity contribution in [2.75, 3.05) is 20.7 Å². The fourth-order valence-corrected chi connectivity index (χ4v) is 1.56. The molecule has 0 amide bonds. The molecule has 1 aromatic rings. The number of aliphatic imine (C=N–C) groups is 1. The van der Waals surface area contributed by atoms with Gasteiger partial charge in [0.25, 0.3) is 0 Å². The van der Waals surface area contributed by atoms with E-state index in [4.69, 9.17) is 4.74 Å². The minimum atomic E-state index is 0. The molecule has 1 rings (SSSR count). The minimum Gasteiger partial charge on any atom is -0.494 e. The van der Waals surface area contributed by atoms with Gasteiger partial charge < -0.3 is 15.4 Å². The second kappa shape index (κ2) is 9.02. The Morgan fingerprint density at radius 2 is 2.11 bits per heavy atom. The zero-order valence-corrected chi connectivity index (χ0v) is 13.7.